The van der Waals surface area contributed by atoms with E-state index in [0.29, 0.717) is 0 Å². The number of para-hydroxylation sites is 2. The Hall–Kier alpha value is -3.13. The quantitative estimate of drug-likeness (QED) is 0.408. The van der Waals surface area contributed by atoms with Crippen molar-refractivity contribution >= 4 is 23.2 Å². The Labute approximate surface area is 161 Å². The minimum absolute atomic E-state index is 1.03. The van der Waals surface area contributed by atoms with E-state index in [2.05, 4.69) is 102 Å². The minimum atomic E-state index is 1.03. The molecule has 0 amide bonds. The number of aryl methyl sites for hydroxylation is 1. The molecule has 0 fully saturated rings. The first-order valence-electron chi connectivity index (χ1n) is 9.48. The summed E-state index contributed by atoms with van der Waals surface area (Å²) in [6.45, 7) is 1.03. The number of fused-ring (bicyclic) bond motifs is 2. The smallest absolute Gasteiger partial charge is 0.126 e. The molecule has 0 spiro atoms. The van der Waals surface area contributed by atoms with Crippen molar-refractivity contribution in [3.8, 4) is 0 Å². The van der Waals surface area contributed by atoms with Crippen LogP contribution in [-0.4, -0.2) is 24.4 Å². The third-order valence-electron chi connectivity index (χ3n) is 5.01. The van der Waals surface area contributed by atoms with Gasteiger partial charge in [-0.15, -0.1) is 12.2 Å². The van der Waals surface area contributed by atoms with Gasteiger partial charge < -0.3 is 9.48 Å². The molecule has 0 aliphatic carbocycles. The maximum Gasteiger partial charge on any atom is 0.126 e. The normalized spacial score (nSPS) is 19.2. The second kappa shape index (κ2) is 8.05. The van der Waals surface area contributed by atoms with Crippen LogP contribution in [0.5, 0.6) is 0 Å². The average Bonchev–Trinajstić information content (AvgIpc) is 2.72. The molecule has 2 nitrogen and oxygen atoms in total. The Morgan fingerprint density at radius 2 is 1.85 bits per heavy atom. The predicted octanol–water partition coefficient (Wildman–Crippen LogP) is 5.38. The summed E-state index contributed by atoms with van der Waals surface area (Å²) >= 11 is 0. The molecule has 2 aliphatic heterocycles. The van der Waals surface area contributed by atoms with Crippen molar-refractivity contribution in [3.63, 3.8) is 0 Å². The van der Waals surface area contributed by atoms with E-state index in [0.717, 1.165) is 13.0 Å². The standard InChI is InChI=1S/C25H24N2/c1-26-20-17-21(23-14-6-8-16-25(23)26)11-4-2-3-9-18-27-19-10-13-22-12-5-7-15-24(22)27/h2-9,11-12,14-17,20H,10,13,19H2,1H3/b4-2+,9-3+,21-11+. The first kappa shape index (κ1) is 17.3. The fraction of sp³-hybridized carbons (Fsp3) is 0.160. The molecule has 0 bridgehead atoms. The van der Waals surface area contributed by atoms with Crippen molar-refractivity contribution < 1.29 is 4.58 Å². The highest BCUT2D eigenvalue weighted by Gasteiger charge is 2.13. The van der Waals surface area contributed by atoms with E-state index in [9.17, 15) is 0 Å². The monoisotopic (exact) mass is 352 g/mol. The molecular weight excluding hydrogens is 328 g/mol. The summed E-state index contributed by atoms with van der Waals surface area (Å²) < 4.78 is 2.22. The van der Waals surface area contributed by atoms with E-state index in [1.165, 1.54) is 34.5 Å². The van der Waals surface area contributed by atoms with Crippen molar-refractivity contribution in [2.24, 2.45) is 0 Å². The van der Waals surface area contributed by atoms with Crippen molar-refractivity contribution in [1.29, 1.82) is 0 Å². The Balaban J connectivity index is 1.46. The van der Waals surface area contributed by atoms with Gasteiger partial charge in [0.2, 0.25) is 0 Å². The maximum absolute atomic E-state index is 3.40. The highest BCUT2D eigenvalue weighted by Crippen LogP contribution is 2.31. The van der Waals surface area contributed by atoms with Gasteiger partial charge in [0.05, 0.1) is 0 Å². The lowest BCUT2D eigenvalue weighted by atomic mass is 10.00. The van der Waals surface area contributed by atoms with Gasteiger partial charge in [0.1, 0.15) is 18.4 Å². The molecule has 0 saturated carbocycles. The lowest BCUT2D eigenvalue weighted by molar-refractivity contribution is -0.440. The Kier molecular flexibility index (Phi) is 5.15. The van der Waals surface area contributed by atoms with Crippen LogP contribution in [-0.2, 0) is 6.42 Å². The van der Waals surface area contributed by atoms with Gasteiger partial charge in [-0.05, 0) is 35.8 Å². The predicted molar refractivity (Wildman–Crippen MR) is 115 cm³/mol. The van der Waals surface area contributed by atoms with Crippen LogP contribution in [0, 0.1) is 0 Å². The van der Waals surface area contributed by atoms with Crippen LogP contribution in [0.25, 0.3) is 5.57 Å². The number of allylic oxidation sites excluding steroid dienone is 7. The van der Waals surface area contributed by atoms with Crippen LogP contribution in [0.4, 0.5) is 11.4 Å². The van der Waals surface area contributed by atoms with Crippen LogP contribution >= 0.6 is 0 Å². The van der Waals surface area contributed by atoms with Gasteiger partial charge in [-0.1, -0.05) is 48.6 Å². The summed E-state index contributed by atoms with van der Waals surface area (Å²) in [6.07, 6.45) is 20.3. The van der Waals surface area contributed by atoms with Crippen LogP contribution in [0.2, 0.25) is 0 Å². The van der Waals surface area contributed by atoms with E-state index < -0.39 is 0 Å². The Morgan fingerprint density at radius 3 is 2.81 bits per heavy atom. The molecular formula is C25H24N2. The van der Waals surface area contributed by atoms with Gasteiger partial charge in [-0.3, -0.25) is 0 Å². The summed E-state index contributed by atoms with van der Waals surface area (Å²) in [5.41, 5.74) is 6.43. The van der Waals surface area contributed by atoms with E-state index >= 15 is 0 Å². The number of nitrogens with zero attached hydrogens (tertiary/aromatic N) is 2. The molecule has 4 rings (SSSR count). The van der Waals surface area contributed by atoms with Gasteiger partial charge in [0.15, 0.2) is 0 Å². The summed E-state index contributed by atoms with van der Waals surface area (Å²) in [5.74, 6) is 0. The number of benzene rings is 2. The minimum Gasteiger partial charge on any atom is -0.351 e. The zero-order chi connectivity index (χ0) is 18.5. The average molecular weight is 352 g/mol. The molecule has 2 aromatic rings. The van der Waals surface area contributed by atoms with Crippen molar-refractivity contribution in [2.45, 2.75) is 12.8 Å². The molecule has 2 aromatic carbocycles. The molecule has 0 unspecified atom stereocenters. The summed E-state index contributed by atoms with van der Waals surface area (Å²) in [4.78, 5) is 2.15. The van der Waals surface area contributed by atoms with Crippen molar-refractivity contribution in [1.82, 2.24) is 0 Å². The third kappa shape index (κ3) is 3.85. The zero-order valence-electron chi connectivity index (χ0n) is 15.7. The molecule has 0 saturated heterocycles. The van der Waals surface area contributed by atoms with E-state index in [-0.39, 0.29) is 0 Å². The van der Waals surface area contributed by atoms with Crippen molar-refractivity contribution in [2.75, 3.05) is 18.5 Å². The number of anilines is 1. The van der Waals surface area contributed by atoms with E-state index in [1.807, 2.05) is 12.2 Å². The molecule has 0 aromatic heterocycles. The second-order valence-electron chi connectivity index (χ2n) is 6.82. The van der Waals surface area contributed by atoms with Crippen LogP contribution < -0.4 is 4.90 Å². The highest BCUT2D eigenvalue weighted by molar-refractivity contribution is 5.86. The first-order valence-corrected chi connectivity index (χ1v) is 9.48. The number of hydrogen-bond donors (Lipinski definition) is 0. The highest BCUT2D eigenvalue weighted by atomic mass is 15.1. The van der Waals surface area contributed by atoms with Gasteiger partial charge in [0.25, 0.3) is 0 Å². The van der Waals surface area contributed by atoms with Gasteiger partial charge in [-0.2, -0.15) is 6.08 Å². The van der Waals surface area contributed by atoms with Gasteiger partial charge >= 0.3 is 0 Å². The van der Waals surface area contributed by atoms with E-state index in [1.54, 1.807) is 0 Å². The topological polar surface area (TPSA) is 6.25 Å². The van der Waals surface area contributed by atoms with Gasteiger partial charge in [-0.25, -0.2) is 0 Å². The lowest BCUT2D eigenvalue weighted by Gasteiger charge is -2.23. The Morgan fingerprint density at radius 1 is 1.00 bits per heavy atom. The van der Waals surface area contributed by atoms with Crippen LogP contribution in [0.15, 0.2) is 91.2 Å². The lowest BCUT2D eigenvalue weighted by Crippen LogP contribution is -2.15. The van der Waals surface area contributed by atoms with E-state index in [4.69, 9.17) is 0 Å². The summed E-state index contributed by atoms with van der Waals surface area (Å²) in [7, 11) is 2.08. The zero-order valence-corrected chi connectivity index (χ0v) is 15.7. The fourth-order valence-corrected chi connectivity index (χ4v) is 3.61. The molecule has 0 radical (unpaired) electrons. The summed E-state index contributed by atoms with van der Waals surface area (Å²) in [5, 5.41) is 0. The summed E-state index contributed by atoms with van der Waals surface area (Å²) in [6, 6.07) is 17.1. The largest absolute Gasteiger partial charge is 0.351 e. The number of hydrogen-bond acceptors (Lipinski definition) is 1. The molecule has 2 aliphatic rings. The molecule has 2 heterocycles. The third-order valence-corrected chi connectivity index (χ3v) is 5.01. The SMILES string of the molecule is CN1C=C\C(=C/C=C/C=C/[C-]=[N+]2CCCc3ccccc32)c2ccccc21. The van der Waals surface area contributed by atoms with Crippen LogP contribution in [0.3, 0.4) is 0 Å². The second-order valence-corrected chi connectivity index (χ2v) is 6.82. The molecule has 27 heavy (non-hydrogen) atoms. The number of rotatable bonds is 3. The molecule has 0 atom stereocenters. The first-order chi connectivity index (χ1) is 13.3. The molecule has 2 heteroatoms. The fourth-order valence-electron chi connectivity index (χ4n) is 3.61. The molecule has 0 N–H and O–H groups in total. The van der Waals surface area contributed by atoms with Crippen molar-refractivity contribution in [3.05, 3.63) is 102 Å². The Bertz CT molecular complexity index is 973. The maximum atomic E-state index is 3.40. The van der Waals surface area contributed by atoms with Crippen LogP contribution in [0.1, 0.15) is 17.5 Å². The van der Waals surface area contributed by atoms with Gasteiger partial charge in [0, 0.05) is 30.9 Å². The molecule has 134 valence electrons.